The largest absolute Gasteiger partial charge is 0.374 e. The highest BCUT2D eigenvalue weighted by Crippen LogP contribution is 2.36. The Labute approximate surface area is 128 Å². The number of pyridine rings is 1. The molecule has 0 saturated carbocycles. The molecule has 3 aromatic rings. The molecule has 0 bridgehead atoms. The minimum atomic E-state index is -4.57. The first-order valence-electron chi connectivity index (χ1n) is 5.91. The standard InChI is InChI=1S/C10H10ClN6O4P/c1-21-9(10-13-15-16-14-10)8-5(11)2-3-6-12-4-7(17(6)8)22(18,19)20/h2-4,9H,1H3,(H2,18,19,20)(H,13,14,15,16). The van der Waals surface area contributed by atoms with Gasteiger partial charge in [-0.15, -0.1) is 10.2 Å². The SMILES string of the molecule is COC(c1nn[nH]n1)c1c(Cl)ccc2ncc(P(=O)(O)O)n12. The van der Waals surface area contributed by atoms with Gasteiger partial charge in [0.05, 0.1) is 16.9 Å². The van der Waals surface area contributed by atoms with Gasteiger partial charge in [-0.05, 0) is 12.1 Å². The lowest BCUT2D eigenvalue weighted by atomic mass is 10.2. The lowest BCUT2D eigenvalue weighted by molar-refractivity contribution is 0.125. The Morgan fingerprint density at radius 3 is 2.82 bits per heavy atom. The van der Waals surface area contributed by atoms with E-state index in [1.54, 1.807) is 6.07 Å². The number of nitrogens with zero attached hydrogens (tertiary/aromatic N) is 5. The average Bonchev–Trinajstić information content (AvgIpc) is 3.10. The molecule has 0 aliphatic rings. The van der Waals surface area contributed by atoms with Gasteiger partial charge in [0.1, 0.15) is 5.65 Å². The molecule has 3 N–H and O–H groups in total. The first-order valence-corrected chi connectivity index (χ1v) is 7.90. The summed E-state index contributed by atoms with van der Waals surface area (Å²) in [5.41, 5.74) is 0.257. The zero-order valence-corrected chi connectivity index (χ0v) is 12.7. The molecule has 22 heavy (non-hydrogen) atoms. The van der Waals surface area contributed by atoms with Gasteiger partial charge < -0.3 is 14.5 Å². The fourth-order valence-electron chi connectivity index (χ4n) is 2.13. The van der Waals surface area contributed by atoms with Gasteiger partial charge >= 0.3 is 7.60 Å². The Balaban J connectivity index is 2.34. The van der Waals surface area contributed by atoms with Crippen molar-refractivity contribution in [2.24, 2.45) is 0 Å². The van der Waals surface area contributed by atoms with Crippen LogP contribution in [0.3, 0.4) is 0 Å². The van der Waals surface area contributed by atoms with Gasteiger partial charge in [0.25, 0.3) is 0 Å². The smallest absolute Gasteiger partial charge is 0.367 e. The molecule has 0 aliphatic heterocycles. The van der Waals surface area contributed by atoms with Crippen molar-refractivity contribution in [2.45, 2.75) is 6.10 Å². The van der Waals surface area contributed by atoms with Crippen molar-refractivity contribution in [2.75, 3.05) is 7.11 Å². The van der Waals surface area contributed by atoms with Crippen LogP contribution < -0.4 is 5.44 Å². The fourth-order valence-corrected chi connectivity index (χ4v) is 3.05. The fraction of sp³-hybridized carbons (Fsp3) is 0.200. The number of ether oxygens (including phenoxy) is 1. The van der Waals surface area contributed by atoms with E-state index < -0.39 is 13.7 Å². The molecule has 3 aromatic heterocycles. The minimum absolute atomic E-state index is 0.169. The summed E-state index contributed by atoms with van der Waals surface area (Å²) in [7, 11) is -3.17. The molecule has 0 aliphatic carbocycles. The van der Waals surface area contributed by atoms with E-state index in [9.17, 15) is 14.4 Å². The van der Waals surface area contributed by atoms with Gasteiger partial charge in [-0.2, -0.15) is 5.21 Å². The van der Waals surface area contributed by atoms with E-state index in [2.05, 4.69) is 25.6 Å². The highest BCUT2D eigenvalue weighted by molar-refractivity contribution is 7.60. The van der Waals surface area contributed by atoms with Crippen LogP contribution in [0.1, 0.15) is 17.6 Å². The summed E-state index contributed by atoms with van der Waals surface area (Å²) in [5, 5.41) is 13.6. The second-order valence-electron chi connectivity index (χ2n) is 4.31. The Morgan fingerprint density at radius 2 is 2.23 bits per heavy atom. The molecular weight excluding hydrogens is 335 g/mol. The Hall–Kier alpha value is -1.84. The Bertz CT molecular complexity index is 860. The topological polar surface area (TPSA) is 139 Å². The molecule has 0 fully saturated rings. The van der Waals surface area contributed by atoms with Gasteiger partial charge in [-0.3, -0.25) is 8.97 Å². The van der Waals surface area contributed by atoms with Gasteiger partial charge in [-0.25, -0.2) is 4.98 Å². The lowest BCUT2D eigenvalue weighted by Crippen LogP contribution is -2.19. The van der Waals surface area contributed by atoms with Gasteiger partial charge in [-0.1, -0.05) is 16.8 Å². The summed E-state index contributed by atoms with van der Waals surface area (Å²) < 4.78 is 18.2. The van der Waals surface area contributed by atoms with Crippen LogP contribution in [0, 0.1) is 0 Å². The number of imidazole rings is 1. The summed E-state index contributed by atoms with van der Waals surface area (Å²) in [5.74, 6) is 0.169. The van der Waals surface area contributed by atoms with E-state index in [-0.39, 0.29) is 22.0 Å². The summed E-state index contributed by atoms with van der Waals surface area (Å²) in [6.45, 7) is 0. The van der Waals surface area contributed by atoms with E-state index in [0.29, 0.717) is 5.65 Å². The van der Waals surface area contributed by atoms with E-state index in [1.807, 2.05) is 0 Å². The number of halogens is 1. The quantitative estimate of drug-likeness (QED) is 0.564. The molecular formula is C10H10ClN6O4P. The third-order valence-electron chi connectivity index (χ3n) is 3.01. The van der Waals surface area contributed by atoms with Crippen LogP contribution in [-0.2, 0) is 9.30 Å². The number of hydrogen-bond acceptors (Lipinski definition) is 6. The third-order valence-corrected chi connectivity index (χ3v) is 4.25. The molecule has 0 aromatic carbocycles. The Kier molecular flexibility index (Phi) is 3.71. The number of H-pyrrole nitrogens is 1. The molecule has 3 heterocycles. The van der Waals surface area contributed by atoms with Crippen molar-refractivity contribution in [3.05, 3.63) is 34.9 Å². The number of tetrazole rings is 1. The highest BCUT2D eigenvalue weighted by Gasteiger charge is 2.30. The Morgan fingerprint density at radius 1 is 1.45 bits per heavy atom. The number of hydrogen-bond donors (Lipinski definition) is 3. The molecule has 10 nitrogen and oxygen atoms in total. The van der Waals surface area contributed by atoms with Gasteiger partial charge in [0.2, 0.25) is 5.82 Å². The number of nitrogens with one attached hydrogen (secondary N) is 1. The van der Waals surface area contributed by atoms with Crippen LogP contribution in [0.25, 0.3) is 5.65 Å². The summed E-state index contributed by atoms with van der Waals surface area (Å²) in [6.07, 6.45) is 0.216. The monoisotopic (exact) mass is 344 g/mol. The molecule has 12 heteroatoms. The number of rotatable bonds is 4. The van der Waals surface area contributed by atoms with E-state index >= 15 is 0 Å². The molecule has 1 unspecified atom stereocenters. The second kappa shape index (κ2) is 5.41. The van der Waals surface area contributed by atoms with E-state index in [0.717, 1.165) is 6.20 Å². The second-order valence-corrected chi connectivity index (χ2v) is 6.26. The first-order chi connectivity index (χ1) is 10.4. The zero-order chi connectivity index (χ0) is 15.9. The van der Waals surface area contributed by atoms with Crippen LogP contribution >= 0.6 is 19.2 Å². The molecule has 0 saturated heterocycles. The van der Waals surface area contributed by atoms with Crippen LogP contribution in [0.5, 0.6) is 0 Å². The maximum absolute atomic E-state index is 11.7. The summed E-state index contributed by atoms with van der Waals surface area (Å²) in [6, 6.07) is 3.09. The van der Waals surface area contributed by atoms with Crippen molar-refractivity contribution in [1.82, 2.24) is 30.0 Å². The number of fused-ring (bicyclic) bond motifs is 1. The van der Waals surface area contributed by atoms with Crippen LogP contribution in [0.4, 0.5) is 0 Å². The maximum atomic E-state index is 11.7. The van der Waals surface area contributed by atoms with Gasteiger partial charge in [0.15, 0.2) is 11.5 Å². The van der Waals surface area contributed by atoms with Crippen LogP contribution in [-0.4, -0.2) is 46.9 Å². The molecule has 1 atom stereocenters. The summed E-state index contributed by atoms with van der Waals surface area (Å²) >= 11 is 6.20. The molecule has 0 radical (unpaired) electrons. The highest BCUT2D eigenvalue weighted by atomic mass is 35.5. The normalized spacial score (nSPS) is 13.6. The first kappa shape index (κ1) is 15.1. The lowest BCUT2D eigenvalue weighted by Gasteiger charge is -2.17. The predicted molar refractivity (Wildman–Crippen MR) is 74.9 cm³/mol. The number of aromatic amines is 1. The van der Waals surface area contributed by atoms with Crippen molar-refractivity contribution in [1.29, 1.82) is 0 Å². The molecule has 0 spiro atoms. The van der Waals surface area contributed by atoms with E-state index in [4.69, 9.17) is 16.3 Å². The summed E-state index contributed by atoms with van der Waals surface area (Å²) in [4.78, 5) is 23.0. The number of methoxy groups -OCH3 is 1. The van der Waals surface area contributed by atoms with Crippen LogP contribution in [0.15, 0.2) is 18.3 Å². The van der Waals surface area contributed by atoms with E-state index in [1.165, 1.54) is 17.6 Å². The predicted octanol–water partition coefficient (Wildman–Crippen LogP) is 0.0396. The molecule has 3 rings (SSSR count). The number of aromatic nitrogens is 6. The van der Waals surface area contributed by atoms with Gasteiger partial charge in [0, 0.05) is 7.11 Å². The van der Waals surface area contributed by atoms with Crippen molar-refractivity contribution >= 4 is 30.3 Å². The minimum Gasteiger partial charge on any atom is -0.367 e. The molecule has 116 valence electrons. The van der Waals surface area contributed by atoms with Crippen molar-refractivity contribution < 1.29 is 19.1 Å². The molecule has 0 amide bonds. The van der Waals surface area contributed by atoms with Crippen molar-refractivity contribution in [3.63, 3.8) is 0 Å². The maximum Gasteiger partial charge on any atom is 0.374 e. The zero-order valence-electron chi connectivity index (χ0n) is 11.1. The average molecular weight is 345 g/mol. The third kappa shape index (κ3) is 2.40. The van der Waals surface area contributed by atoms with Crippen molar-refractivity contribution in [3.8, 4) is 0 Å². The van der Waals surface area contributed by atoms with Crippen LogP contribution in [0.2, 0.25) is 5.02 Å².